The lowest BCUT2D eigenvalue weighted by Gasteiger charge is -2.36. The molecule has 2 atom stereocenters. The Labute approximate surface area is 171 Å². The van der Waals surface area contributed by atoms with Crippen molar-refractivity contribution < 1.29 is 4.57 Å². The van der Waals surface area contributed by atoms with E-state index in [1.807, 2.05) is 36.5 Å². The van der Waals surface area contributed by atoms with E-state index < -0.39 is 7.59 Å². The quantitative estimate of drug-likeness (QED) is 0.366. The minimum Gasteiger partial charge on any atom is -0.262 e. The van der Waals surface area contributed by atoms with Crippen LogP contribution in [0.15, 0.2) is 35.1 Å². The van der Waals surface area contributed by atoms with Crippen LogP contribution >= 0.6 is 7.59 Å². The molecule has 1 aromatic carbocycles. The van der Waals surface area contributed by atoms with Crippen molar-refractivity contribution in [3.05, 3.63) is 35.9 Å². The van der Waals surface area contributed by atoms with Gasteiger partial charge in [0, 0.05) is 30.4 Å². The first kappa shape index (κ1) is 21.7. The van der Waals surface area contributed by atoms with Gasteiger partial charge in [0.05, 0.1) is 0 Å². The highest BCUT2D eigenvalue weighted by Gasteiger charge is 2.58. The Morgan fingerprint density at radius 3 is 1.82 bits per heavy atom. The molecule has 28 heavy (non-hydrogen) atoms. The van der Waals surface area contributed by atoms with Crippen LogP contribution in [0.4, 0.5) is 0 Å². The molecular weight excluding hydrogens is 365 g/mol. The van der Waals surface area contributed by atoms with Gasteiger partial charge >= 0.3 is 7.59 Å². The highest BCUT2D eigenvalue weighted by Crippen LogP contribution is 2.67. The number of rotatable bonds is 8. The molecule has 0 radical (unpaired) electrons. The molecule has 1 aromatic rings. The minimum absolute atomic E-state index is 0.337. The summed E-state index contributed by atoms with van der Waals surface area (Å²) in [6, 6.07) is 11.6. The summed E-state index contributed by atoms with van der Waals surface area (Å²) < 4.78 is 24.5. The van der Waals surface area contributed by atoms with Crippen LogP contribution in [0, 0.1) is 0 Å². The zero-order valence-electron chi connectivity index (χ0n) is 18.1. The van der Waals surface area contributed by atoms with E-state index in [2.05, 4.69) is 37.0 Å². The standard InChI is InChI=1S/C23H38N3OP/c1-5-20(6-2)25-22-16-12-13-17-23(22)26(21(7-3)8-4)28(25,27)24-18-19-14-10-9-11-15-19/h9-11,14-15,18,20-23H,5-8,12-13,16-17H2,1-4H3/t22-,23-/m1/s1. The second kappa shape index (κ2) is 9.69. The van der Waals surface area contributed by atoms with Gasteiger partial charge in [0.2, 0.25) is 0 Å². The summed E-state index contributed by atoms with van der Waals surface area (Å²) >= 11 is 0. The number of hydrogen-bond donors (Lipinski definition) is 0. The Bertz CT molecular complexity index is 652. The molecule has 5 heteroatoms. The maximum absolute atomic E-state index is 14.8. The van der Waals surface area contributed by atoms with Crippen LogP contribution in [-0.4, -0.2) is 39.7 Å². The molecule has 156 valence electrons. The minimum atomic E-state index is -3.00. The average molecular weight is 404 g/mol. The van der Waals surface area contributed by atoms with Gasteiger partial charge in [0.15, 0.2) is 0 Å². The van der Waals surface area contributed by atoms with Crippen LogP contribution in [0.5, 0.6) is 0 Å². The zero-order valence-corrected chi connectivity index (χ0v) is 19.0. The molecule has 4 nitrogen and oxygen atoms in total. The average Bonchev–Trinajstić information content (AvgIpc) is 2.99. The van der Waals surface area contributed by atoms with Crippen molar-refractivity contribution in [3.8, 4) is 0 Å². The molecule has 1 saturated carbocycles. The molecule has 2 fully saturated rings. The SMILES string of the molecule is CCC(CC)N1[C@@H]2CCCC[C@H]2N(C(CC)CC)P1(=O)N=Cc1ccccc1. The third kappa shape index (κ3) is 4.01. The third-order valence-corrected chi connectivity index (χ3v) is 9.63. The molecule has 0 N–H and O–H groups in total. The largest absolute Gasteiger partial charge is 0.330 e. The molecule has 3 rings (SSSR count). The fourth-order valence-electron chi connectivity index (χ4n) is 5.31. The van der Waals surface area contributed by atoms with Gasteiger partial charge in [0.1, 0.15) is 0 Å². The van der Waals surface area contributed by atoms with Crippen molar-refractivity contribution >= 4 is 13.8 Å². The molecular formula is C23H38N3OP. The summed E-state index contributed by atoms with van der Waals surface area (Å²) in [5.41, 5.74) is 1.03. The van der Waals surface area contributed by atoms with Crippen molar-refractivity contribution in [3.63, 3.8) is 0 Å². The summed E-state index contributed by atoms with van der Waals surface area (Å²) in [6.07, 6.45) is 10.8. The first-order valence-electron chi connectivity index (χ1n) is 11.4. The maximum Gasteiger partial charge on any atom is 0.330 e. The van der Waals surface area contributed by atoms with E-state index in [0.29, 0.717) is 24.2 Å². The summed E-state index contributed by atoms with van der Waals surface area (Å²) in [7, 11) is -3.00. The molecule has 0 bridgehead atoms. The van der Waals surface area contributed by atoms with Gasteiger partial charge in [-0.2, -0.15) is 0 Å². The van der Waals surface area contributed by atoms with E-state index in [1.54, 1.807) is 0 Å². The predicted octanol–water partition coefficient (Wildman–Crippen LogP) is 6.52. The van der Waals surface area contributed by atoms with Crippen LogP contribution in [-0.2, 0) is 4.57 Å². The molecule has 0 spiro atoms. The smallest absolute Gasteiger partial charge is 0.262 e. The van der Waals surface area contributed by atoms with E-state index >= 15 is 0 Å². The van der Waals surface area contributed by atoms with E-state index in [9.17, 15) is 4.57 Å². The van der Waals surface area contributed by atoms with Crippen molar-refractivity contribution in [2.24, 2.45) is 4.76 Å². The maximum atomic E-state index is 14.8. The number of nitrogens with zero attached hydrogens (tertiary/aromatic N) is 3. The lowest BCUT2D eigenvalue weighted by Crippen LogP contribution is -2.44. The molecule has 2 aliphatic rings. The monoisotopic (exact) mass is 403 g/mol. The fraction of sp³-hybridized carbons (Fsp3) is 0.696. The predicted molar refractivity (Wildman–Crippen MR) is 120 cm³/mol. The molecule has 0 unspecified atom stereocenters. The van der Waals surface area contributed by atoms with Crippen LogP contribution in [0.1, 0.15) is 84.6 Å². The second-order valence-corrected chi connectivity index (χ2v) is 10.5. The van der Waals surface area contributed by atoms with Crippen LogP contribution < -0.4 is 0 Å². The van der Waals surface area contributed by atoms with Gasteiger partial charge in [-0.05, 0) is 44.1 Å². The Hall–Kier alpha value is -0.960. The van der Waals surface area contributed by atoms with Crippen molar-refractivity contribution in [2.75, 3.05) is 0 Å². The topological polar surface area (TPSA) is 35.9 Å². The fourth-order valence-corrected chi connectivity index (χ4v) is 8.88. The van der Waals surface area contributed by atoms with Gasteiger partial charge in [-0.15, -0.1) is 0 Å². The number of hydrogen-bond acceptors (Lipinski definition) is 1. The highest BCUT2D eigenvalue weighted by molar-refractivity contribution is 7.58. The lowest BCUT2D eigenvalue weighted by atomic mass is 9.88. The van der Waals surface area contributed by atoms with Gasteiger partial charge in [-0.3, -0.25) is 4.57 Å². The number of benzene rings is 1. The summed E-state index contributed by atoms with van der Waals surface area (Å²) in [6.45, 7) is 8.93. The van der Waals surface area contributed by atoms with Crippen molar-refractivity contribution in [2.45, 2.75) is 103 Å². The first-order valence-corrected chi connectivity index (χ1v) is 12.9. The summed E-state index contributed by atoms with van der Waals surface area (Å²) in [5.74, 6) is 0. The van der Waals surface area contributed by atoms with Gasteiger partial charge in [-0.25, -0.2) is 14.1 Å². The lowest BCUT2D eigenvalue weighted by molar-refractivity contribution is 0.152. The van der Waals surface area contributed by atoms with E-state index in [-0.39, 0.29) is 0 Å². The molecule has 1 aliphatic carbocycles. The van der Waals surface area contributed by atoms with Gasteiger partial charge < -0.3 is 0 Å². The van der Waals surface area contributed by atoms with Crippen LogP contribution in [0.2, 0.25) is 0 Å². The van der Waals surface area contributed by atoms with E-state index in [1.165, 1.54) is 12.8 Å². The van der Waals surface area contributed by atoms with Gasteiger partial charge in [0.25, 0.3) is 0 Å². The highest BCUT2D eigenvalue weighted by atomic mass is 31.2. The zero-order chi connectivity index (χ0) is 20.1. The molecule has 0 amide bonds. The Morgan fingerprint density at radius 1 is 0.929 bits per heavy atom. The second-order valence-electron chi connectivity index (χ2n) is 8.29. The van der Waals surface area contributed by atoms with E-state index in [4.69, 9.17) is 4.76 Å². The van der Waals surface area contributed by atoms with Crippen LogP contribution in [0.3, 0.4) is 0 Å². The molecule has 1 heterocycles. The van der Waals surface area contributed by atoms with Crippen molar-refractivity contribution in [1.82, 2.24) is 9.34 Å². The summed E-state index contributed by atoms with van der Waals surface area (Å²) in [4.78, 5) is 0. The normalized spacial score (nSPS) is 25.8. The Kier molecular flexibility index (Phi) is 7.53. The molecule has 1 aliphatic heterocycles. The molecule has 1 saturated heterocycles. The molecule has 0 aromatic heterocycles. The van der Waals surface area contributed by atoms with Gasteiger partial charge in [-0.1, -0.05) is 70.9 Å². The Balaban J connectivity index is 2.09. The van der Waals surface area contributed by atoms with Crippen molar-refractivity contribution in [1.29, 1.82) is 0 Å². The Morgan fingerprint density at radius 2 is 1.39 bits per heavy atom. The van der Waals surface area contributed by atoms with E-state index in [0.717, 1.165) is 44.1 Å². The van der Waals surface area contributed by atoms with Crippen LogP contribution in [0.25, 0.3) is 0 Å². The summed E-state index contributed by atoms with van der Waals surface area (Å²) in [5, 5.41) is 0. The number of fused-ring (bicyclic) bond motifs is 1. The first-order chi connectivity index (χ1) is 13.6. The third-order valence-electron chi connectivity index (χ3n) is 6.77.